The average Bonchev–Trinajstić information content (AvgIpc) is 2.19. The number of unbranched alkanes of at least 4 members (excludes halogenated alkanes) is 1. The lowest BCUT2D eigenvalue weighted by Crippen LogP contribution is -2.00. The summed E-state index contributed by atoms with van der Waals surface area (Å²) in [7, 11) is 0. The van der Waals surface area contributed by atoms with Crippen LogP contribution in [0.4, 0.5) is 0 Å². The molecule has 1 aromatic carbocycles. The Hall–Kier alpha value is -0.980. The number of benzene rings is 1. The molecule has 0 aliphatic rings. The molecule has 0 N–H and O–H groups in total. The molecule has 1 nitrogen and oxygen atoms in total. The van der Waals surface area contributed by atoms with E-state index in [1.54, 1.807) is 0 Å². The minimum absolute atomic E-state index is 0.504. The van der Waals surface area contributed by atoms with E-state index in [4.69, 9.17) is 4.74 Å². The predicted octanol–water partition coefficient (Wildman–Crippen LogP) is 3.79. The van der Waals surface area contributed by atoms with Crippen molar-refractivity contribution < 1.29 is 4.74 Å². The van der Waals surface area contributed by atoms with E-state index in [1.807, 2.05) is 18.2 Å². The summed E-state index contributed by atoms with van der Waals surface area (Å²) < 4.78 is 5.72. The van der Waals surface area contributed by atoms with Gasteiger partial charge in [0.1, 0.15) is 5.75 Å². The van der Waals surface area contributed by atoms with Crippen molar-refractivity contribution in [3.8, 4) is 5.75 Å². The second-order valence-electron chi connectivity index (χ2n) is 3.82. The fourth-order valence-corrected chi connectivity index (χ4v) is 1.34. The topological polar surface area (TPSA) is 9.23 Å². The van der Waals surface area contributed by atoms with E-state index in [-0.39, 0.29) is 0 Å². The van der Waals surface area contributed by atoms with E-state index < -0.39 is 0 Å². The van der Waals surface area contributed by atoms with Crippen LogP contribution in [-0.2, 0) is 0 Å². The quantitative estimate of drug-likeness (QED) is 0.643. The Morgan fingerprint density at radius 3 is 2.86 bits per heavy atom. The SMILES string of the molecule is CCCCOc1cc[c]cc1C(C)C. The van der Waals surface area contributed by atoms with Crippen LogP contribution >= 0.6 is 0 Å². The van der Waals surface area contributed by atoms with Crippen molar-refractivity contribution in [1.29, 1.82) is 0 Å². The Labute approximate surface area is 87.1 Å². The van der Waals surface area contributed by atoms with Gasteiger partial charge in [-0.3, -0.25) is 0 Å². The van der Waals surface area contributed by atoms with Crippen molar-refractivity contribution in [1.82, 2.24) is 0 Å². The van der Waals surface area contributed by atoms with Crippen LogP contribution in [0.3, 0.4) is 0 Å². The van der Waals surface area contributed by atoms with Gasteiger partial charge in [-0.15, -0.1) is 0 Å². The third-order valence-corrected chi connectivity index (χ3v) is 2.23. The average molecular weight is 191 g/mol. The van der Waals surface area contributed by atoms with Gasteiger partial charge in [0.2, 0.25) is 0 Å². The van der Waals surface area contributed by atoms with E-state index in [0.717, 1.165) is 18.8 Å². The molecule has 0 saturated heterocycles. The molecule has 0 aliphatic carbocycles. The Morgan fingerprint density at radius 2 is 2.21 bits per heavy atom. The highest BCUT2D eigenvalue weighted by atomic mass is 16.5. The van der Waals surface area contributed by atoms with Crippen LogP contribution in [0.2, 0.25) is 0 Å². The summed E-state index contributed by atoms with van der Waals surface area (Å²) in [4.78, 5) is 0. The van der Waals surface area contributed by atoms with Crippen LogP contribution in [-0.4, -0.2) is 6.61 Å². The largest absolute Gasteiger partial charge is 0.493 e. The lowest BCUT2D eigenvalue weighted by molar-refractivity contribution is 0.305. The second-order valence-corrected chi connectivity index (χ2v) is 3.82. The number of hydrogen-bond acceptors (Lipinski definition) is 1. The predicted molar refractivity (Wildman–Crippen MR) is 59.8 cm³/mol. The van der Waals surface area contributed by atoms with Gasteiger partial charge in [0, 0.05) is 0 Å². The molecule has 1 heteroatoms. The summed E-state index contributed by atoms with van der Waals surface area (Å²) in [5.74, 6) is 1.52. The van der Waals surface area contributed by atoms with Crippen molar-refractivity contribution in [2.75, 3.05) is 6.61 Å². The summed E-state index contributed by atoms with van der Waals surface area (Å²) in [6, 6.07) is 9.03. The third-order valence-electron chi connectivity index (χ3n) is 2.23. The zero-order valence-electron chi connectivity index (χ0n) is 9.34. The molecule has 1 rings (SSSR count). The van der Waals surface area contributed by atoms with Crippen LogP contribution in [0.15, 0.2) is 18.2 Å². The van der Waals surface area contributed by atoms with Gasteiger partial charge in [0.15, 0.2) is 0 Å². The van der Waals surface area contributed by atoms with Crippen LogP contribution in [0.25, 0.3) is 0 Å². The van der Waals surface area contributed by atoms with Gasteiger partial charge in [0.25, 0.3) is 0 Å². The molecule has 0 bridgehead atoms. The number of hydrogen-bond donors (Lipinski definition) is 0. The van der Waals surface area contributed by atoms with Gasteiger partial charge >= 0.3 is 0 Å². The molecule has 0 aliphatic heterocycles. The number of ether oxygens (including phenoxy) is 1. The third kappa shape index (κ3) is 3.06. The van der Waals surface area contributed by atoms with E-state index in [2.05, 4.69) is 26.8 Å². The van der Waals surface area contributed by atoms with Crippen molar-refractivity contribution in [2.24, 2.45) is 0 Å². The van der Waals surface area contributed by atoms with Gasteiger partial charge in [0.05, 0.1) is 6.61 Å². The van der Waals surface area contributed by atoms with Gasteiger partial charge in [-0.2, -0.15) is 0 Å². The Morgan fingerprint density at radius 1 is 1.43 bits per heavy atom. The standard InChI is InChI=1S/C13H19O/c1-4-5-10-14-13-9-7-6-8-12(13)11(2)3/h7-9,11H,4-5,10H2,1-3H3. The molecule has 0 spiro atoms. The highest BCUT2D eigenvalue weighted by Gasteiger charge is 2.05. The van der Waals surface area contributed by atoms with E-state index in [0.29, 0.717) is 5.92 Å². The van der Waals surface area contributed by atoms with Crippen LogP contribution in [0.1, 0.15) is 45.1 Å². The van der Waals surface area contributed by atoms with Crippen LogP contribution in [0, 0.1) is 6.07 Å². The minimum atomic E-state index is 0.504. The van der Waals surface area contributed by atoms with Crippen molar-refractivity contribution >= 4 is 0 Å². The molecule has 0 atom stereocenters. The van der Waals surface area contributed by atoms with Gasteiger partial charge in [-0.1, -0.05) is 33.3 Å². The normalized spacial score (nSPS) is 10.6. The van der Waals surface area contributed by atoms with E-state index >= 15 is 0 Å². The Kier molecular flexibility index (Phi) is 4.51. The monoisotopic (exact) mass is 191 g/mol. The van der Waals surface area contributed by atoms with Crippen LogP contribution < -0.4 is 4.74 Å². The van der Waals surface area contributed by atoms with Gasteiger partial charge in [-0.25, -0.2) is 0 Å². The Balaban J connectivity index is 2.64. The zero-order chi connectivity index (χ0) is 10.4. The van der Waals surface area contributed by atoms with Crippen molar-refractivity contribution in [2.45, 2.75) is 39.5 Å². The van der Waals surface area contributed by atoms with Gasteiger partial charge < -0.3 is 4.74 Å². The molecule has 0 saturated carbocycles. The molecule has 1 aromatic rings. The molecule has 14 heavy (non-hydrogen) atoms. The minimum Gasteiger partial charge on any atom is -0.493 e. The van der Waals surface area contributed by atoms with Gasteiger partial charge in [-0.05, 0) is 36.1 Å². The lowest BCUT2D eigenvalue weighted by Gasteiger charge is -2.13. The smallest absolute Gasteiger partial charge is 0.122 e. The van der Waals surface area contributed by atoms with Crippen molar-refractivity contribution in [3.63, 3.8) is 0 Å². The molecule has 0 aromatic heterocycles. The summed E-state index contributed by atoms with van der Waals surface area (Å²) in [5, 5.41) is 0. The molecular weight excluding hydrogens is 172 g/mol. The lowest BCUT2D eigenvalue weighted by atomic mass is 10.0. The molecular formula is C13H19O. The molecule has 77 valence electrons. The molecule has 0 amide bonds. The van der Waals surface area contributed by atoms with Crippen LogP contribution in [0.5, 0.6) is 5.75 Å². The maximum Gasteiger partial charge on any atom is 0.122 e. The summed E-state index contributed by atoms with van der Waals surface area (Å²) in [5.41, 5.74) is 1.25. The zero-order valence-corrected chi connectivity index (χ0v) is 9.34. The number of rotatable bonds is 5. The molecule has 0 heterocycles. The molecule has 0 unspecified atom stereocenters. The summed E-state index contributed by atoms with van der Waals surface area (Å²) >= 11 is 0. The summed E-state index contributed by atoms with van der Waals surface area (Å²) in [6.07, 6.45) is 2.30. The van der Waals surface area contributed by atoms with Crippen molar-refractivity contribution in [3.05, 3.63) is 29.8 Å². The molecule has 1 radical (unpaired) electrons. The fraction of sp³-hybridized carbons (Fsp3) is 0.538. The first kappa shape index (κ1) is 11.1. The summed E-state index contributed by atoms with van der Waals surface area (Å²) in [6.45, 7) is 7.34. The second kappa shape index (κ2) is 5.69. The first-order valence-corrected chi connectivity index (χ1v) is 5.38. The fourth-order valence-electron chi connectivity index (χ4n) is 1.34. The van der Waals surface area contributed by atoms with E-state index in [1.165, 1.54) is 12.0 Å². The maximum absolute atomic E-state index is 5.72. The highest BCUT2D eigenvalue weighted by Crippen LogP contribution is 2.25. The van der Waals surface area contributed by atoms with E-state index in [9.17, 15) is 0 Å². The Bertz CT molecular complexity index is 266. The molecule has 0 fully saturated rings. The highest BCUT2D eigenvalue weighted by molar-refractivity contribution is 5.34. The maximum atomic E-state index is 5.72. The first-order valence-electron chi connectivity index (χ1n) is 5.38. The first-order chi connectivity index (χ1) is 6.75.